The third kappa shape index (κ3) is 2.20. The molecule has 12 heavy (non-hydrogen) atoms. The van der Waals surface area contributed by atoms with Crippen LogP contribution in [0, 0.1) is 5.41 Å². The van der Waals surface area contributed by atoms with Gasteiger partial charge in [-0.2, -0.15) is 0 Å². The van der Waals surface area contributed by atoms with Gasteiger partial charge in [-0.1, -0.05) is 25.3 Å². The van der Waals surface area contributed by atoms with Gasteiger partial charge in [0.15, 0.2) is 0 Å². The van der Waals surface area contributed by atoms with Crippen LogP contribution in [0.2, 0.25) is 0 Å². The van der Waals surface area contributed by atoms with Crippen molar-refractivity contribution in [3.8, 4) is 0 Å². The first-order valence-electron chi connectivity index (χ1n) is 4.82. The van der Waals surface area contributed by atoms with Crippen LogP contribution in [0.5, 0.6) is 0 Å². The van der Waals surface area contributed by atoms with Crippen molar-refractivity contribution in [1.82, 2.24) is 0 Å². The lowest BCUT2D eigenvalue weighted by Gasteiger charge is -2.33. The van der Waals surface area contributed by atoms with Gasteiger partial charge in [0.05, 0.1) is 0 Å². The number of ketones is 1. The molecule has 0 bridgehead atoms. The quantitative estimate of drug-likeness (QED) is 0.589. The number of Topliss-reactive ketones (excluding diaryl/α,β-unsaturated/α-hetero) is 1. The Balaban J connectivity index is 2.59. The summed E-state index contributed by atoms with van der Waals surface area (Å²) in [5, 5.41) is 0. The minimum atomic E-state index is 0.157. The molecule has 0 heterocycles. The van der Waals surface area contributed by atoms with Crippen molar-refractivity contribution in [2.75, 3.05) is 0 Å². The standard InChI is InChI=1S/C11H18O/c1-3-11(9-10(2)12)7-5-4-6-8-11/h3H,1,4-9H2,2H3. The zero-order valence-electron chi connectivity index (χ0n) is 7.94. The molecule has 0 aromatic rings. The number of carbonyl (C=O) groups excluding carboxylic acids is 1. The number of rotatable bonds is 3. The molecule has 0 unspecified atom stereocenters. The molecule has 1 aliphatic carbocycles. The summed E-state index contributed by atoms with van der Waals surface area (Å²) in [5.41, 5.74) is 0.157. The minimum absolute atomic E-state index is 0.157. The second kappa shape index (κ2) is 3.88. The highest BCUT2D eigenvalue weighted by atomic mass is 16.1. The van der Waals surface area contributed by atoms with E-state index in [0.717, 1.165) is 12.8 Å². The number of hydrogen-bond acceptors (Lipinski definition) is 1. The third-order valence-electron chi connectivity index (χ3n) is 2.88. The maximum Gasteiger partial charge on any atom is 0.130 e. The van der Waals surface area contributed by atoms with E-state index in [0.29, 0.717) is 12.2 Å². The molecular formula is C11H18O. The van der Waals surface area contributed by atoms with Gasteiger partial charge in [0.25, 0.3) is 0 Å². The first-order valence-corrected chi connectivity index (χ1v) is 4.82. The van der Waals surface area contributed by atoms with Gasteiger partial charge >= 0.3 is 0 Å². The molecule has 1 aliphatic rings. The van der Waals surface area contributed by atoms with E-state index in [4.69, 9.17) is 0 Å². The maximum atomic E-state index is 11.0. The molecular weight excluding hydrogens is 148 g/mol. The highest BCUT2D eigenvalue weighted by molar-refractivity contribution is 5.76. The van der Waals surface area contributed by atoms with Crippen LogP contribution in [0.4, 0.5) is 0 Å². The van der Waals surface area contributed by atoms with Crippen LogP contribution in [0.25, 0.3) is 0 Å². The summed E-state index contributed by atoms with van der Waals surface area (Å²) >= 11 is 0. The molecule has 68 valence electrons. The Hall–Kier alpha value is -0.590. The molecule has 0 aromatic carbocycles. The van der Waals surface area contributed by atoms with Crippen molar-refractivity contribution in [2.45, 2.75) is 45.4 Å². The number of carbonyl (C=O) groups is 1. The summed E-state index contributed by atoms with van der Waals surface area (Å²) in [6, 6.07) is 0. The summed E-state index contributed by atoms with van der Waals surface area (Å²) in [4.78, 5) is 11.0. The molecule has 0 radical (unpaired) electrons. The fraction of sp³-hybridized carbons (Fsp3) is 0.727. The third-order valence-corrected chi connectivity index (χ3v) is 2.88. The normalized spacial score (nSPS) is 21.8. The molecule has 0 saturated heterocycles. The summed E-state index contributed by atoms with van der Waals surface area (Å²) in [5.74, 6) is 0.303. The Morgan fingerprint density at radius 3 is 2.42 bits per heavy atom. The molecule has 1 rings (SSSR count). The van der Waals surface area contributed by atoms with Crippen LogP contribution in [0.3, 0.4) is 0 Å². The number of allylic oxidation sites excluding steroid dienone is 1. The second-order valence-corrected chi connectivity index (χ2v) is 4.01. The van der Waals surface area contributed by atoms with Gasteiger partial charge in [-0.15, -0.1) is 6.58 Å². The second-order valence-electron chi connectivity index (χ2n) is 4.01. The molecule has 0 atom stereocenters. The molecule has 1 nitrogen and oxygen atoms in total. The lowest BCUT2D eigenvalue weighted by Crippen LogP contribution is -2.23. The molecule has 0 aliphatic heterocycles. The highest BCUT2D eigenvalue weighted by Crippen LogP contribution is 2.40. The lowest BCUT2D eigenvalue weighted by atomic mass is 9.71. The first kappa shape index (κ1) is 9.50. The van der Waals surface area contributed by atoms with E-state index in [-0.39, 0.29) is 5.41 Å². The zero-order valence-corrected chi connectivity index (χ0v) is 7.94. The maximum absolute atomic E-state index is 11.0. The van der Waals surface area contributed by atoms with E-state index in [2.05, 4.69) is 6.58 Å². The van der Waals surface area contributed by atoms with Crippen molar-refractivity contribution in [2.24, 2.45) is 5.41 Å². The average Bonchev–Trinajstić information content (AvgIpc) is 2.05. The molecule has 0 spiro atoms. The van der Waals surface area contributed by atoms with Gasteiger partial charge in [-0.3, -0.25) is 4.79 Å². The van der Waals surface area contributed by atoms with E-state index >= 15 is 0 Å². The van der Waals surface area contributed by atoms with E-state index in [1.54, 1.807) is 6.92 Å². The minimum Gasteiger partial charge on any atom is -0.300 e. The molecule has 1 fully saturated rings. The first-order chi connectivity index (χ1) is 5.68. The van der Waals surface area contributed by atoms with E-state index in [9.17, 15) is 4.79 Å². The lowest BCUT2D eigenvalue weighted by molar-refractivity contribution is -0.119. The van der Waals surface area contributed by atoms with Crippen LogP contribution >= 0.6 is 0 Å². The SMILES string of the molecule is C=CC1(CC(C)=O)CCCCC1. The average molecular weight is 166 g/mol. The van der Waals surface area contributed by atoms with Crippen LogP contribution in [0.1, 0.15) is 45.4 Å². The van der Waals surface area contributed by atoms with Crippen molar-refractivity contribution >= 4 is 5.78 Å². The predicted octanol–water partition coefficient (Wildman–Crippen LogP) is 3.10. The van der Waals surface area contributed by atoms with Gasteiger partial charge in [-0.05, 0) is 25.2 Å². The Kier molecular flexibility index (Phi) is 3.07. The smallest absolute Gasteiger partial charge is 0.130 e. The molecule has 1 heteroatoms. The van der Waals surface area contributed by atoms with Crippen molar-refractivity contribution in [1.29, 1.82) is 0 Å². The largest absolute Gasteiger partial charge is 0.300 e. The summed E-state index contributed by atoms with van der Waals surface area (Å²) in [6.45, 7) is 5.54. The zero-order chi connectivity index (χ0) is 9.03. The molecule has 0 aromatic heterocycles. The summed E-state index contributed by atoms with van der Waals surface area (Å²) in [7, 11) is 0. The Bertz CT molecular complexity index is 175. The topological polar surface area (TPSA) is 17.1 Å². The van der Waals surface area contributed by atoms with Crippen LogP contribution < -0.4 is 0 Å². The fourth-order valence-electron chi connectivity index (χ4n) is 2.20. The van der Waals surface area contributed by atoms with Crippen molar-refractivity contribution in [3.05, 3.63) is 12.7 Å². The Morgan fingerprint density at radius 1 is 1.42 bits per heavy atom. The highest BCUT2D eigenvalue weighted by Gasteiger charge is 2.29. The van der Waals surface area contributed by atoms with E-state index in [1.165, 1.54) is 19.3 Å². The Labute approximate surface area is 74.9 Å². The molecule has 1 saturated carbocycles. The van der Waals surface area contributed by atoms with Gasteiger partial charge in [0.2, 0.25) is 0 Å². The summed E-state index contributed by atoms with van der Waals surface area (Å²) < 4.78 is 0. The van der Waals surface area contributed by atoms with Crippen LogP contribution in [-0.4, -0.2) is 5.78 Å². The fourth-order valence-corrected chi connectivity index (χ4v) is 2.20. The van der Waals surface area contributed by atoms with E-state index < -0.39 is 0 Å². The molecule has 0 N–H and O–H groups in total. The van der Waals surface area contributed by atoms with Gasteiger partial charge in [0, 0.05) is 6.42 Å². The monoisotopic (exact) mass is 166 g/mol. The number of hydrogen-bond donors (Lipinski definition) is 0. The van der Waals surface area contributed by atoms with Crippen molar-refractivity contribution < 1.29 is 4.79 Å². The molecule has 0 amide bonds. The Morgan fingerprint density at radius 2 is 2.00 bits per heavy atom. The van der Waals surface area contributed by atoms with Gasteiger partial charge in [-0.25, -0.2) is 0 Å². The van der Waals surface area contributed by atoms with Gasteiger partial charge in [0.1, 0.15) is 5.78 Å². The van der Waals surface area contributed by atoms with E-state index in [1.807, 2.05) is 6.08 Å². The van der Waals surface area contributed by atoms with Crippen LogP contribution in [0.15, 0.2) is 12.7 Å². The van der Waals surface area contributed by atoms with Crippen molar-refractivity contribution in [3.63, 3.8) is 0 Å². The van der Waals surface area contributed by atoms with Crippen LogP contribution in [-0.2, 0) is 4.79 Å². The predicted molar refractivity (Wildman–Crippen MR) is 51.0 cm³/mol. The van der Waals surface area contributed by atoms with Gasteiger partial charge < -0.3 is 0 Å². The summed E-state index contributed by atoms with van der Waals surface area (Å²) in [6.07, 6.45) is 8.89.